The zero-order valence-corrected chi connectivity index (χ0v) is 21.7. The van der Waals surface area contributed by atoms with Gasteiger partial charge in [0.25, 0.3) is 0 Å². The van der Waals surface area contributed by atoms with Crippen molar-refractivity contribution < 1.29 is 18.3 Å². The predicted octanol–water partition coefficient (Wildman–Crippen LogP) is 4.69. The van der Waals surface area contributed by atoms with E-state index >= 15 is 0 Å². The molecule has 0 aliphatic rings. The molecular weight excluding hydrogens is 438 g/mol. The number of sulfonamides is 1. The molecule has 0 bridgehead atoms. The van der Waals surface area contributed by atoms with E-state index in [1.54, 1.807) is 0 Å². The Labute approximate surface area is 199 Å². The van der Waals surface area contributed by atoms with Crippen LogP contribution < -0.4 is 14.5 Å². The number of nitrogens with zero attached hydrogens (tertiary/aromatic N) is 3. The third-order valence-corrected chi connectivity index (χ3v) is 7.31. The van der Waals surface area contributed by atoms with E-state index in [4.69, 9.17) is 4.74 Å². The van der Waals surface area contributed by atoms with Crippen LogP contribution in [-0.4, -0.2) is 59.1 Å². The van der Waals surface area contributed by atoms with E-state index in [9.17, 15) is 13.5 Å². The second-order valence-corrected chi connectivity index (χ2v) is 10.7. The monoisotopic (exact) mass is 477 g/mol. The summed E-state index contributed by atoms with van der Waals surface area (Å²) < 4.78 is 34.2. The van der Waals surface area contributed by atoms with Gasteiger partial charge in [-0.25, -0.2) is 12.7 Å². The van der Waals surface area contributed by atoms with Gasteiger partial charge in [0.05, 0.1) is 12.3 Å². The van der Waals surface area contributed by atoms with Crippen LogP contribution in [-0.2, 0) is 16.6 Å². The van der Waals surface area contributed by atoms with Gasteiger partial charge in [-0.05, 0) is 42.7 Å². The molecule has 0 heterocycles. The van der Waals surface area contributed by atoms with Crippen molar-refractivity contribution in [3.8, 4) is 11.5 Å². The summed E-state index contributed by atoms with van der Waals surface area (Å²) in [5, 5.41) is 9.93. The van der Waals surface area contributed by atoms with E-state index in [2.05, 4.69) is 18.7 Å². The van der Waals surface area contributed by atoms with Crippen molar-refractivity contribution in [2.45, 2.75) is 51.0 Å². The van der Waals surface area contributed by atoms with Crippen LogP contribution in [0.5, 0.6) is 11.5 Å². The average molecular weight is 478 g/mol. The molecule has 0 amide bonds. The lowest BCUT2D eigenvalue weighted by molar-refractivity contribution is 0.281. The summed E-state index contributed by atoms with van der Waals surface area (Å²) in [5.41, 5.74) is 2.18. The van der Waals surface area contributed by atoms with Gasteiger partial charge in [-0.2, -0.15) is 0 Å². The van der Waals surface area contributed by atoms with Crippen molar-refractivity contribution >= 4 is 21.4 Å². The largest absolute Gasteiger partial charge is 0.454 e. The van der Waals surface area contributed by atoms with Gasteiger partial charge in [0.15, 0.2) is 5.75 Å². The van der Waals surface area contributed by atoms with Gasteiger partial charge in [-0.15, -0.1) is 0 Å². The van der Waals surface area contributed by atoms with Crippen LogP contribution in [0, 0.1) is 0 Å². The van der Waals surface area contributed by atoms with Gasteiger partial charge >= 0.3 is 0 Å². The highest BCUT2D eigenvalue weighted by atomic mass is 32.2. The Morgan fingerprint density at radius 2 is 1.58 bits per heavy atom. The molecule has 0 spiro atoms. The van der Waals surface area contributed by atoms with Gasteiger partial charge in [-0.3, -0.25) is 0 Å². The Bertz CT molecular complexity index is 999. The molecule has 0 unspecified atom stereocenters. The number of anilines is 2. The highest BCUT2D eigenvalue weighted by Gasteiger charge is 2.28. The van der Waals surface area contributed by atoms with Crippen molar-refractivity contribution in [2.75, 3.05) is 51.1 Å². The lowest BCUT2D eigenvalue weighted by Crippen LogP contribution is -2.28. The zero-order chi connectivity index (χ0) is 24.6. The molecule has 0 aromatic heterocycles. The zero-order valence-electron chi connectivity index (χ0n) is 20.8. The first-order chi connectivity index (χ1) is 15.6. The third kappa shape index (κ3) is 6.85. The Morgan fingerprint density at radius 1 is 0.939 bits per heavy atom. The van der Waals surface area contributed by atoms with E-state index < -0.39 is 10.0 Å². The van der Waals surface area contributed by atoms with Crippen LogP contribution in [0.25, 0.3) is 0 Å². The fraction of sp³-hybridized carbons (Fsp3) is 0.520. The lowest BCUT2D eigenvalue weighted by Gasteiger charge is -2.29. The molecule has 33 heavy (non-hydrogen) atoms. The minimum Gasteiger partial charge on any atom is -0.454 e. The van der Waals surface area contributed by atoms with E-state index in [0.717, 1.165) is 44.5 Å². The number of aliphatic hydroxyl groups excluding tert-OH is 1. The molecule has 8 heteroatoms. The number of ether oxygens (including phenoxy) is 1. The molecule has 0 fully saturated rings. The summed E-state index contributed by atoms with van der Waals surface area (Å²) >= 11 is 0. The van der Waals surface area contributed by atoms with Crippen molar-refractivity contribution in [1.29, 1.82) is 0 Å². The smallest absolute Gasteiger partial charge is 0.246 e. The van der Waals surface area contributed by atoms with Crippen molar-refractivity contribution in [1.82, 2.24) is 4.31 Å². The standard InChI is InChI=1S/C25H39N3O4S/c1-7-9-14-28(15-10-8-2)23-16-20(19-29)17-24(33(30,31)27(5)6)25(23)32-22-13-11-12-21(18-22)26(3)4/h11-13,16-18,29H,7-10,14-15,19H2,1-6H3. The second kappa shape index (κ2) is 12.3. The molecule has 0 saturated heterocycles. The highest BCUT2D eigenvalue weighted by molar-refractivity contribution is 7.89. The van der Waals surface area contributed by atoms with Crippen molar-refractivity contribution in [3.63, 3.8) is 0 Å². The number of rotatable bonds is 13. The minimum absolute atomic E-state index is 0.0577. The van der Waals surface area contributed by atoms with Gasteiger partial charge in [0, 0.05) is 53.0 Å². The Kier molecular flexibility index (Phi) is 10.0. The van der Waals surface area contributed by atoms with Gasteiger partial charge in [0.2, 0.25) is 10.0 Å². The number of hydrogen-bond donors (Lipinski definition) is 1. The molecule has 0 aliphatic heterocycles. The Morgan fingerprint density at radius 3 is 2.09 bits per heavy atom. The molecular formula is C25H39N3O4S. The van der Waals surface area contributed by atoms with Crippen LogP contribution in [0.3, 0.4) is 0 Å². The summed E-state index contributed by atoms with van der Waals surface area (Å²) in [4.78, 5) is 4.21. The third-order valence-electron chi connectivity index (χ3n) is 5.49. The van der Waals surface area contributed by atoms with Crippen LogP contribution in [0.4, 0.5) is 11.4 Å². The fourth-order valence-corrected chi connectivity index (χ4v) is 4.53. The molecule has 1 N–H and O–H groups in total. The molecule has 2 aromatic rings. The van der Waals surface area contributed by atoms with Gasteiger partial charge < -0.3 is 19.6 Å². The second-order valence-electron chi connectivity index (χ2n) is 8.58. The molecule has 0 radical (unpaired) electrons. The summed E-state index contributed by atoms with van der Waals surface area (Å²) in [6.45, 7) is 5.57. The molecule has 184 valence electrons. The first-order valence-electron chi connectivity index (χ1n) is 11.6. The normalized spacial score (nSPS) is 11.6. The molecule has 0 saturated carbocycles. The van der Waals surface area contributed by atoms with E-state index in [1.165, 1.54) is 24.5 Å². The first kappa shape index (κ1) is 27.0. The van der Waals surface area contributed by atoms with Crippen LogP contribution in [0.15, 0.2) is 41.3 Å². The van der Waals surface area contributed by atoms with Crippen molar-refractivity contribution in [3.05, 3.63) is 42.0 Å². The molecule has 0 atom stereocenters. The first-order valence-corrected chi connectivity index (χ1v) is 13.0. The molecule has 2 rings (SSSR count). The van der Waals surface area contributed by atoms with E-state index in [1.807, 2.05) is 49.3 Å². The molecule has 0 aliphatic carbocycles. The maximum absolute atomic E-state index is 13.3. The average Bonchev–Trinajstić information content (AvgIpc) is 2.79. The number of benzene rings is 2. The SMILES string of the molecule is CCCCN(CCCC)c1cc(CO)cc(S(=O)(=O)N(C)C)c1Oc1cccc(N(C)C)c1. The van der Waals surface area contributed by atoms with Crippen LogP contribution in [0.1, 0.15) is 45.1 Å². The summed E-state index contributed by atoms with van der Waals surface area (Å²) in [6.07, 6.45) is 3.98. The number of aliphatic hydroxyl groups is 1. The van der Waals surface area contributed by atoms with Crippen LogP contribution >= 0.6 is 0 Å². The molecule has 2 aromatic carbocycles. The van der Waals surface area contributed by atoms with Crippen LogP contribution in [0.2, 0.25) is 0 Å². The maximum Gasteiger partial charge on any atom is 0.246 e. The lowest BCUT2D eigenvalue weighted by atomic mass is 10.1. The summed E-state index contributed by atoms with van der Waals surface area (Å²) in [7, 11) is 3.07. The fourth-order valence-electron chi connectivity index (χ4n) is 3.45. The van der Waals surface area contributed by atoms with E-state index in [-0.39, 0.29) is 11.5 Å². The minimum atomic E-state index is -3.82. The predicted molar refractivity (Wildman–Crippen MR) is 136 cm³/mol. The highest BCUT2D eigenvalue weighted by Crippen LogP contribution is 2.41. The quantitative estimate of drug-likeness (QED) is 0.451. The summed E-state index contributed by atoms with van der Waals surface area (Å²) in [5.74, 6) is 0.851. The van der Waals surface area contributed by atoms with Gasteiger partial charge in [0.1, 0.15) is 10.6 Å². The Balaban J connectivity index is 2.76. The summed E-state index contributed by atoms with van der Waals surface area (Å²) in [6, 6.07) is 10.9. The Hall–Kier alpha value is -2.29. The number of hydrogen-bond acceptors (Lipinski definition) is 6. The van der Waals surface area contributed by atoms with E-state index in [0.29, 0.717) is 22.7 Å². The maximum atomic E-state index is 13.3. The molecule has 7 nitrogen and oxygen atoms in total. The van der Waals surface area contributed by atoms with Crippen molar-refractivity contribution in [2.24, 2.45) is 0 Å². The van der Waals surface area contributed by atoms with Gasteiger partial charge in [-0.1, -0.05) is 32.8 Å². The topological polar surface area (TPSA) is 73.3 Å². The number of unbranched alkanes of at least 4 members (excludes halogenated alkanes) is 2.